The van der Waals surface area contributed by atoms with Gasteiger partial charge in [0.1, 0.15) is 35.7 Å². The number of aliphatic hydroxyl groups excluding tert-OH is 7. The number of ketones is 2. The monoisotopic (exact) mass is 1280 g/mol. The highest BCUT2D eigenvalue weighted by molar-refractivity contribution is 6.01. The first-order valence-corrected chi connectivity index (χ1v) is 31.6. The van der Waals surface area contributed by atoms with Crippen molar-refractivity contribution in [3.63, 3.8) is 0 Å². The van der Waals surface area contributed by atoms with E-state index in [0.717, 1.165) is 70.9 Å². The molecule has 15 atom stereocenters. The standard InChI is InChI=1S/C67H91N7O18/c1-7-8-9-25-91-48-21-18-43(19-22-48)41-12-10-40(11-13-41)42-14-16-44(17-15-42)53(79)30-46-31-55(81)65(92-28-27-90-26-24-68)72-64(87)58-59(82)37(4)34-74(58)67(89)57(39(6)76)71-63(86)49(61(84)60(83)45-20-23-52(78)50(29-45)69-36(2)3)33-54(80)51-32-47(77)35-73(51)66(88)56(38(5)75)70-62(46)85/h10-23,29,36-39,46-47,49,51,55-61,65,69,75-78,81-84H,7-9,24-28,30-35,68H2,1-6H3,(H,70,85)(H,71,86)(H,72,87)/t37-,38+,39+,46-,47+,49-,51-,55+,56-,57-,58-,59-,60-,61-,65+/m0/s1. The molecule has 0 unspecified atom stereocenters. The summed E-state index contributed by atoms with van der Waals surface area (Å²) >= 11 is 0. The minimum absolute atomic E-state index is 0.0467. The molecule has 3 aliphatic rings. The number of phenols is 1. The van der Waals surface area contributed by atoms with Crippen molar-refractivity contribution in [3.8, 4) is 33.8 Å². The first-order chi connectivity index (χ1) is 43.8. The Morgan fingerprint density at radius 2 is 1.28 bits per heavy atom. The van der Waals surface area contributed by atoms with Gasteiger partial charge in [-0.1, -0.05) is 93.4 Å². The van der Waals surface area contributed by atoms with Gasteiger partial charge in [-0.3, -0.25) is 33.6 Å². The van der Waals surface area contributed by atoms with E-state index >= 15 is 0 Å². The lowest BCUT2D eigenvalue weighted by Gasteiger charge is -2.34. The van der Waals surface area contributed by atoms with Crippen LogP contribution in [-0.2, 0) is 38.2 Å². The van der Waals surface area contributed by atoms with E-state index < -0.39 is 164 Å². The van der Waals surface area contributed by atoms with E-state index in [-0.39, 0.29) is 61.5 Å². The molecule has 3 heterocycles. The number of rotatable bonds is 23. The fourth-order valence-corrected chi connectivity index (χ4v) is 11.8. The number of Topliss-reactive ketones (excluding diaryl/α,β-unsaturated/α-hetero) is 2. The third-order valence-electron chi connectivity index (χ3n) is 17.0. The smallest absolute Gasteiger partial charge is 0.248 e. The average molecular weight is 1280 g/mol. The molecule has 0 spiro atoms. The second-order valence-electron chi connectivity index (χ2n) is 24.6. The van der Waals surface area contributed by atoms with Crippen LogP contribution in [0.5, 0.6) is 11.5 Å². The lowest BCUT2D eigenvalue weighted by Crippen LogP contribution is -2.61. The third kappa shape index (κ3) is 18.4. The molecule has 3 fully saturated rings. The molecule has 3 aliphatic heterocycles. The second kappa shape index (κ2) is 33.4. The van der Waals surface area contributed by atoms with Crippen molar-refractivity contribution in [2.24, 2.45) is 23.5 Å². The zero-order chi connectivity index (χ0) is 67.1. The Morgan fingerprint density at radius 1 is 0.696 bits per heavy atom. The normalized spacial score (nSPS) is 26.0. The first-order valence-electron chi connectivity index (χ1n) is 31.6. The lowest BCUT2D eigenvalue weighted by atomic mass is 9.86. The number of nitrogens with one attached hydrogen (secondary N) is 4. The molecule has 0 radical (unpaired) electrons. The summed E-state index contributed by atoms with van der Waals surface area (Å²) in [4.78, 5) is 105. The molecule has 0 aliphatic carbocycles. The Bertz CT molecular complexity index is 3130. The van der Waals surface area contributed by atoms with Gasteiger partial charge in [0, 0.05) is 62.3 Å². The van der Waals surface area contributed by atoms with Gasteiger partial charge >= 0.3 is 0 Å². The fourth-order valence-electron chi connectivity index (χ4n) is 11.8. The summed E-state index contributed by atoms with van der Waals surface area (Å²) in [7, 11) is 0. The summed E-state index contributed by atoms with van der Waals surface area (Å²) in [5.74, 6) is -11.2. The number of fused-ring (bicyclic) bond motifs is 2. The maximum atomic E-state index is 14.9. The van der Waals surface area contributed by atoms with Crippen molar-refractivity contribution >= 4 is 46.8 Å². The number of ether oxygens (including phenoxy) is 3. The Kier molecular flexibility index (Phi) is 26.2. The van der Waals surface area contributed by atoms with Crippen LogP contribution in [0.2, 0.25) is 0 Å². The highest BCUT2D eigenvalue weighted by atomic mass is 16.5. The van der Waals surface area contributed by atoms with Gasteiger partial charge in [0.15, 0.2) is 17.8 Å². The van der Waals surface area contributed by atoms with E-state index in [1.807, 2.05) is 48.5 Å². The molecule has 14 N–H and O–H groups in total. The van der Waals surface area contributed by atoms with Crippen molar-refractivity contribution in [1.82, 2.24) is 25.8 Å². The zero-order valence-corrected chi connectivity index (χ0v) is 52.9. The maximum Gasteiger partial charge on any atom is 0.248 e. The number of nitrogens with zero attached hydrogens (tertiary/aromatic N) is 2. The summed E-state index contributed by atoms with van der Waals surface area (Å²) in [6.07, 6.45) is -14.0. The molecule has 0 bridgehead atoms. The molecule has 502 valence electrons. The molecule has 7 rings (SSSR count). The Balaban J connectivity index is 1.24. The van der Waals surface area contributed by atoms with Gasteiger partial charge in [0.25, 0.3) is 0 Å². The number of carbonyl (C=O) groups is 7. The van der Waals surface area contributed by atoms with Crippen LogP contribution < -0.4 is 31.7 Å². The number of anilines is 1. The number of aromatic hydroxyl groups is 1. The van der Waals surface area contributed by atoms with Crippen molar-refractivity contribution < 1.29 is 88.6 Å². The maximum absolute atomic E-state index is 14.9. The lowest BCUT2D eigenvalue weighted by molar-refractivity contribution is -0.150. The number of hydrogen-bond acceptors (Lipinski definition) is 20. The quantitative estimate of drug-likeness (QED) is 0.0287. The number of unbranched alkanes of at least 4 members (excludes halogenated alkanes) is 2. The van der Waals surface area contributed by atoms with Crippen molar-refractivity contribution in [2.75, 3.05) is 51.4 Å². The van der Waals surface area contributed by atoms with Gasteiger partial charge in [-0.15, -0.1) is 0 Å². The molecule has 25 nitrogen and oxygen atoms in total. The van der Waals surface area contributed by atoms with Crippen LogP contribution in [0.1, 0.15) is 109 Å². The van der Waals surface area contributed by atoms with E-state index in [4.69, 9.17) is 19.9 Å². The highest BCUT2D eigenvalue weighted by Gasteiger charge is 2.50. The number of carbonyl (C=O) groups excluding carboxylic acids is 7. The van der Waals surface area contributed by atoms with Crippen LogP contribution in [0.15, 0.2) is 91.0 Å². The summed E-state index contributed by atoms with van der Waals surface area (Å²) in [6.45, 7) is 9.06. The fraction of sp³-hybridized carbons (Fsp3) is 0.537. The average Bonchev–Trinajstić information content (AvgIpc) is 1.62. The molecule has 4 aromatic carbocycles. The summed E-state index contributed by atoms with van der Waals surface area (Å²) in [5.41, 5.74) is 9.38. The van der Waals surface area contributed by atoms with Gasteiger partial charge in [0.05, 0.1) is 80.7 Å². The molecule has 3 saturated heterocycles. The third-order valence-corrected chi connectivity index (χ3v) is 17.0. The van der Waals surface area contributed by atoms with Gasteiger partial charge in [-0.2, -0.15) is 0 Å². The van der Waals surface area contributed by atoms with Crippen LogP contribution in [0.3, 0.4) is 0 Å². The van der Waals surface area contributed by atoms with Crippen molar-refractivity contribution in [2.45, 2.75) is 166 Å². The summed E-state index contributed by atoms with van der Waals surface area (Å²) in [6, 6.07) is 18.5. The molecular formula is C67H91N7O18. The number of benzene rings is 4. The molecule has 4 aromatic rings. The minimum atomic E-state index is -2.22. The van der Waals surface area contributed by atoms with Crippen LogP contribution >= 0.6 is 0 Å². The minimum Gasteiger partial charge on any atom is -0.506 e. The number of hydrogen-bond donors (Lipinski definition) is 13. The van der Waals surface area contributed by atoms with E-state index in [1.54, 1.807) is 38.1 Å². The van der Waals surface area contributed by atoms with Crippen LogP contribution in [0.4, 0.5) is 5.69 Å². The van der Waals surface area contributed by atoms with Crippen LogP contribution in [0, 0.1) is 17.8 Å². The van der Waals surface area contributed by atoms with Gasteiger partial charge in [-0.05, 0) is 92.6 Å². The summed E-state index contributed by atoms with van der Waals surface area (Å²) in [5, 5.41) is 102. The molecule has 92 heavy (non-hydrogen) atoms. The molecule has 5 amide bonds. The predicted molar refractivity (Wildman–Crippen MR) is 338 cm³/mol. The largest absolute Gasteiger partial charge is 0.506 e. The van der Waals surface area contributed by atoms with Crippen LogP contribution in [-0.4, -0.2) is 211 Å². The van der Waals surface area contributed by atoms with Crippen molar-refractivity contribution in [3.05, 3.63) is 102 Å². The van der Waals surface area contributed by atoms with E-state index in [9.17, 15) is 74.4 Å². The Morgan fingerprint density at radius 3 is 1.87 bits per heavy atom. The highest BCUT2D eigenvalue weighted by Crippen LogP contribution is 2.35. The second-order valence-corrected chi connectivity index (χ2v) is 24.6. The van der Waals surface area contributed by atoms with Gasteiger partial charge in [0.2, 0.25) is 29.5 Å². The Hall–Kier alpha value is -7.43. The number of nitrogens with two attached hydrogens (primary N) is 1. The molecular weight excluding hydrogens is 1190 g/mol. The van der Waals surface area contributed by atoms with Gasteiger partial charge in [-0.25, -0.2) is 0 Å². The first kappa shape index (κ1) is 72.0. The van der Waals surface area contributed by atoms with Crippen molar-refractivity contribution in [1.29, 1.82) is 0 Å². The molecule has 0 aromatic heterocycles. The zero-order valence-electron chi connectivity index (χ0n) is 52.9. The SMILES string of the molecule is CCCCCOc1ccc(-c2ccc(-c3ccc(C(=O)C[C@H]4C[C@@H](O)[C@@H](OCCOCCN)NC(=O)[C@@H]5[C@@H](O)[C@@H](C)CN5C(=O)[C@H]([C@@H](C)O)NC(=O)[C@H]([C@H](O)[C@@H](O)c5ccc(O)c(NC(C)C)c5)CC(=O)[C@@H]5C[C@@H](O)CN5C(=O)[C@H]([C@@H](C)O)NC4=O)cc3)cc2)cc1. The van der Waals surface area contributed by atoms with Gasteiger partial charge < -0.3 is 91.9 Å². The Labute approximate surface area is 535 Å². The molecule has 25 heteroatoms. The number of amides is 5. The summed E-state index contributed by atoms with van der Waals surface area (Å²) < 4.78 is 17.3. The number of phenolic OH excluding ortho intramolecular Hbond substituents is 1. The topological polar surface area (TPSA) is 390 Å². The number of aliphatic hydroxyl groups is 7. The van der Waals surface area contributed by atoms with E-state index in [0.29, 0.717) is 6.61 Å². The molecule has 0 saturated carbocycles. The predicted octanol–water partition coefficient (Wildman–Crippen LogP) is 2.07. The van der Waals surface area contributed by atoms with E-state index in [2.05, 4.69) is 28.2 Å². The van der Waals surface area contributed by atoms with Crippen LogP contribution in [0.25, 0.3) is 22.3 Å². The van der Waals surface area contributed by atoms with E-state index in [1.165, 1.54) is 25.1 Å².